The van der Waals surface area contributed by atoms with Crippen molar-refractivity contribution in [2.75, 3.05) is 12.3 Å². The highest BCUT2D eigenvalue weighted by atomic mass is 35.5. The summed E-state index contributed by atoms with van der Waals surface area (Å²) < 4.78 is 18.3. The summed E-state index contributed by atoms with van der Waals surface area (Å²) in [5.41, 5.74) is 6.51. The van der Waals surface area contributed by atoms with Crippen molar-refractivity contribution in [3.8, 4) is 0 Å². The van der Waals surface area contributed by atoms with Crippen LogP contribution in [0.3, 0.4) is 0 Å². The molecule has 9 heteroatoms. The third kappa shape index (κ3) is 4.02. The largest absolute Gasteiger partial charge is 0.508 e. The zero-order chi connectivity index (χ0) is 18.7. The number of carbonyl (C=O) groups excluding carboxylic acids is 1. The molecule has 1 fully saturated rings. The first kappa shape index (κ1) is 18.7. The Morgan fingerprint density at radius 1 is 1.42 bits per heavy atom. The van der Waals surface area contributed by atoms with E-state index in [4.69, 9.17) is 31.5 Å². The van der Waals surface area contributed by atoms with Crippen molar-refractivity contribution in [2.45, 2.75) is 58.0 Å². The number of aromatic nitrogens is 3. The summed E-state index contributed by atoms with van der Waals surface area (Å²) >= 11 is 5.91. The Balaban J connectivity index is 1.58. The molecule has 0 unspecified atom stereocenters. The number of ether oxygens (including phenoxy) is 3. The van der Waals surface area contributed by atoms with Crippen LogP contribution in [0.5, 0.6) is 0 Å². The Morgan fingerprint density at radius 2 is 2.19 bits per heavy atom. The molecule has 3 rings (SSSR count). The van der Waals surface area contributed by atoms with E-state index in [1.54, 1.807) is 0 Å². The number of nitrogens with two attached hydrogens (primary N) is 1. The van der Waals surface area contributed by atoms with Crippen molar-refractivity contribution in [2.24, 2.45) is 0 Å². The van der Waals surface area contributed by atoms with E-state index in [0.717, 1.165) is 31.1 Å². The third-order valence-corrected chi connectivity index (χ3v) is 4.70. The summed E-state index contributed by atoms with van der Waals surface area (Å²) in [6.07, 6.45) is 3.73. The van der Waals surface area contributed by atoms with Crippen LogP contribution in [-0.4, -0.2) is 39.5 Å². The summed E-state index contributed by atoms with van der Waals surface area (Å²) in [7, 11) is 0. The number of nitrogen functional groups attached to an aromatic ring is 1. The van der Waals surface area contributed by atoms with E-state index in [9.17, 15) is 4.79 Å². The number of rotatable bonds is 6. The lowest BCUT2D eigenvalue weighted by molar-refractivity contribution is -0.0437. The lowest BCUT2D eigenvalue weighted by atomic mass is 10.2. The molecule has 26 heavy (non-hydrogen) atoms. The molecule has 0 aliphatic carbocycles. The van der Waals surface area contributed by atoms with Gasteiger partial charge in [-0.25, -0.2) is 9.78 Å². The van der Waals surface area contributed by atoms with Crippen LogP contribution < -0.4 is 5.73 Å². The minimum atomic E-state index is -0.649. The monoisotopic (exact) mass is 382 g/mol. The van der Waals surface area contributed by atoms with E-state index >= 15 is 0 Å². The van der Waals surface area contributed by atoms with Gasteiger partial charge in [0.2, 0.25) is 5.28 Å². The van der Waals surface area contributed by atoms with Crippen molar-refractivity contribution in [3.05, 3.63) is 17.5 Å². The van der Waals surface area contributed by atoms with Crippen molar-refractivity contribution < 1.29 is 19.0 Å². The third-order valence-electron chi connectivity index (χ3n) is 4.53. The Bertz CT molecular complexity index is 777. The highest BCUT2D eigenvalue weighted by Gasteiger charge is 2.29. The van der Waals surface area contributed by atoms with Gasteiger partial charge in [0.25, 0.3) is 0 Å². The van der Waals surface area contributed by atoms with Crippen molar-refractivity contribution in [1.29, 1.82) is 0 Å². The molecule has 2 aromatic heterocycles. The van der Waals surface area contributed by atoms with E-state index in [-0.39, 0.29) is 30.3 Å². The van der Waals surface area contributed by atoms with E-state index in [1.807, 2.05) is 30.7 Å². The van der Waals surface area contributed by atoms with Crippen LogP contribution in [-0.2, 0) is 14.2 Å². The maximum absolute atomic E-state index is 11.7. The topological polar surface area (TPSA) is 101 Å². The number of anilines is 1. The molecule has 0 spiro atoms. The molecule has 0 radical (unpaired) electrons. The van der Waals surface area contributed by atoms with Gasteiger partial charge in [-0.3, -0.25) is 0 Å². The van der Waals surface area contributed by atoms with Gasteiger partial charge >= 0.3 is 6.16 Å². The molecule has 142 valence electrons. The molecule has 2 aromatic rings. The minimum absolute atomic E-state index is 0.0944. The second-order valence-corrected chi connectivity index (χ2v) is 6.58. The fourth-order valence-corrected chi connectivity index (χ4v) is 3.23. The molecule has 2 atom stereocenters. The molecule has 0 saturated carbocycles. The van der Waals surface area contributed by atoms with Gasteiger partial charge in [0.05, 0.1) is 11.5 Å². The van der Waals surface area contributed by atoms with Crippen molar-refractivity contribution >= 4 is 34.6 Å². The lowest BCUT2D eigenvalue weighted by Gasteiger charge is -2.17. The fourth-order valence-electron chi connectivity index (χ4n) is 3.06. The van der Waals surface area contributed by atoms with Crippen LogP contribution in [0.15, 0.2) is 12.3 Å². The number of fused-ring (bicyclic) bond motifs is 1. The predicted octanol–water partition coefficient (Wildman–Crippen LogP) is 3.69. The summed E-state index contributed by atoms with van der Waals surface area (Å²) in [4.78, 5) is 19.9. The van der Waals surface area contributed by atoms with Crippen LogP contribution in [0.2, 0.25) is 5.28 Å². The Kier molecular flexibility index (Phi) is 5.83. The van der Waals surface area contributed by atoms with Crippen LogP contribution in [0, 0.1) is 0 Å². The van der Waals surface area contributed by atoms with Crippen molar-refractivity contribution in [3.63, 3.8) is 0 Å². The fraction of sp³-hybridized carbons (Fsp3) is 0.588. The van der Waals surface area contributed by atoms with E-state index in [2.05, 4.69) is 9.97 Å². The molecule has 8 nitrogen and oxygen atoms in total. The summed E-state index contributed by atoms with van der Waals surface area (Å²) in [6.45, 7) is 4.10. The molecule has 0 bridgehead atoms. The smallest absolute Gasteiger partial charge is 0.432 e. The van der Waals surface area contributed by atoms with Crippen LogP contribution in [0.4, 0.5) is 10.6 Å². The maximum atomic E-state index is 11.7. The molecule has 2 N–H and O–H groups in total. The Morgan fingerprint density at radius 3 is 2.92 bits per heavy atom. The Hall–Kier alpha value is -2.06. The van der Waals surface area contributed by atoms with Crippen LogP contribution in [0.25, 0.3) is 11.0 Å². The molecule has 1 aliphatic rings. The highest BCUT2D eigenvalue weighted by Crippen LogP contribution is 2.32. The quantitative estimate of drug-likeness (QED) is 0.600. The van der Waals surface area contributed by atoms with Gasteiger partial charge < -0.3 is 24.5 Å². The first-order valence-electron chi connectivity index (χ1n) is 8.80. The Labute approximate surface area is 156 Å². The van der Waals surface area contributed by atoms with Gasteiger partial charge in [-0.05, 0) is 43.4 Å². The normalized spacial score (nSPS) is 20.0. The maximum Gasteiger partial charge on any atom is 0.508 e. The highest BCUT2D eigenvalue weighted by molar-refractivity contribution is 6.28. The molecular formula is C17H23ClN4O4. The zero-order valence-electron chi connectivity index (χ0n) is 14.9. The van der Waals surface area contributed by atoms with Gasteiger partial charge in [-0.2, -0.15) is 4.98 Å². The van der Waals surface area contributed by atoms with Crippen LogP contribution >= 0.6 is 11.6 Å². The summed E-state index contributed by atoms with van der Waals surface area (Å²) in [5.74, 6) is 0.334. The number of hydrogen-bond donors (Lipinski definition) is 1. The average molecular weight is 383 g/mol. The molecular weight excluding hydrogens is 360 g/mol. The number of carbonyl (C=O) groups is 1. The van der Waals surface area contributed by atoms with Gasteiger partial charge in [-0.1, -0.05) is 13.8 Å². The van der Waals surface area contributed by atoms with Gasteiger partial charge in [0, 0.05) is 6.20 Å². The minimum Gasteiger partial charge on any atom is -0.432 e. The van der Waals surface area contributed by atoms with E-state index < -0.39 is 6.16 Å². The second kappa shape index (κ2) is 8.09. The standard InChI is InChI=1S/C17H23ClN4O4/c1-3-10(4-2)26-17(23)24-9-11-5-6-13(25-11)22-8-7-12-14(19)20-16(18)21-15(12)22/h7-8,10-11,13H,3-6,9H2,1-2H3,(H2,19,20,21)/t11-,13+/m0/s1. The first-order valence-corrected chi connectivity index (χ1v) is 9.18. The zero-order valence-corrected chi connectivity index (χ0v) is 15.6. The van der Waals surface area contributed by atoms with E-state index in [0.29, 0.717) is 11.5 Å². The molecule has 0 aromatic carbocycles. The number of nitrogens with zero attached hydrogens (tertiary/aromatic N) is 3. The second-order valence-electron chi connectivity index (χ2n) is 6.25. The van der Waals surface area contributed by atoms with E-state index in [1.165, 1.54) is 0 Å². The van der Waals surface area contributed by atoms with Gasteiger partial charge in [-0.15, -0.1) is 0 Å². The molecule has 1 aliphatic heterocycles. The van der Waals surface area contributed by atoms with Gasteiger partial charge in [0.15, 0.2) is 0 Å². The molecule has 1 saturated heterocycles. The molecule has 0 amide bonds. The van der Waals surface area contributed by atoms with Crippen LogP contribution in [0.1, 0.15) is 45.8 Å². The lowest BCUT2D eigenvalue weighted by Crippen LogP contribution is -2.23. The van der Waals surface area contributed by atoms with Crippen molar-refractivity contribution in [1.82, 2.24) is 14.5 Å². The molecule has 3 heterocycles. The average Bonchev–Trinajstić information content (AvgIpc) is 3.24. The summed E-state index contributed by atoms with van der Waals surface area (Å²) in [5, 5.41) is 0.823. The SMILES string of the molecule is CCC(CC)OC(=O)OC[C@@H]1CC[C@H](n2ccc3c(N)nc(Cl)nc32)O1. The number of halogens is 1. The van der Waals surface area contributed by atoms with Gasteiger partial charge in [0.1, 0.15) is 30.4 Å². The first-order chi connectivity index (χ1) is 12.5. The predicted molar refractivity (Wildman–Crippen MR) is 96.9 cm³/mol. The summed E-state index contributed by atoms with van der Waals surface area (Å²) in [6, 6.07) is 1.83. The number of hydrogen-bond acceptors (Lipinski definition) is 7.